The number of nitrogens with zero attached hydrogens (tertiary/aromatic N) is 1. The van der Waals surface area contributed by atoms with Crippen LogP contribution in [-0.4, -0.2) is 4.98 Å². The van der Waals surface area contributed by atoms with E-state index < -0.39 is 0 Å². The Morgan fingerprint density at radius 2 is 1.17 bits per heavy atom. The number of nitrogens with one attached hydrogen (secondary N) is 1. The molecule has 0 saturated carbocycles. The Morgan fingerprint density at radius 1 is 0.463 bits per heavy atom. The van der Waals surface area contributed by atoms with Gasteiger partial charge in [0.25, 0.3) is 0 Å². The zero-order chi connectivity index (χ0) is 27.2. The summed E-state index contributed by atoms with van der Waals surface area (Å²) < 4.78 is 12.6. The molecule has 0 saturated heterocycles. The summed E-state index contributed by atoms with van der Waals surface area (Å²) in [5, 5.41) is 5.65. The van der Waals surface area contributed by atoms with Crippen molar-refractivity contribution in [3.63, 3.8) is 0 Å². The van der Waals surface area contributed by atoms with Gasteiger partial charge in [0.1, 0.15) is 16.7 Å². The van der Waals surface area contributed by atoms with Gasteiger partial charge >= 0.3 is 0 Å². The van der Waals surface area contributed by atoms with Crippen LogP contribution < -0.4 is 5.32 Å². The van der Waals surface area contributed by atoms with E-state index in [1.807, 2.05) is 54.6 Å². The number of furan rings is 1. The molecule has 0 fully saturated rings. The van der Waals surface area contributed by atoms with Crippen LogP contribution in [0.25, 0.3) is 66.7 Å². The molecule has 1 N–H and O–H groups in total. The monoisotopic (exact) mass is 528 g/mol. The highest BCUT2D eigenvalue weighted by Crippen LogP contribution is 2.37. The minimum Gasteiger partial charge on any atom is -0.456 e. The first-order chi connectivity index (χ1) is 20.3. The molecule has 8 rings (SSSR count). The van der Waals surface area contributed by atoms with Crippen LogP contribution in [0.2, 0.25) is 0 Å². The normalized spacial score (nSPS) is 11.4. The molecule has 6 aromatic carbocycles. The van der Waals surface area contributed by atoms with E-state index in [4.69, 9.17) is 13.8 Å². The molecule has 0 aliphatic heterocycles. The quantitative estimate of drug-likeness (QED) is 0.241. The number of hydrogen-bond donors (Lipinski definition) is 1. The first-order valence-corrected chi connectivity index (χ1v) is 13.6. The van der Waals surface area contributed by atoms with E-state index in [9.17, 15) is 0 Å². The van der Waals surface area contributed by atoms with Gasteiger partial charge in [0.05, 0.1) is 0 Å². The number of para-hydroxylation sites is 1. The van der Waals surface area contributed by atoms with Crippen LogP contribution >= 0.6 is 0 Å². The predicted molar refractivity (Wildman–Crippen MR) is 167 cm³/mol. The second-order valence-electron chi connectivity index (χ2n) is 10.1. The molecule has 0 radical (unpaired) electrons. The Hall–Kier alpha value is -5.61. The van der Waals surface area contributed by atoms with Crippen molar-refractivity contribution >= 4 is 44.4 Å². The molecule has 194 valence electrons. The van der Waals surface area contributed by atoms with Crippen molar-refractivity contribution < 1.29 is 8.83 Å². The van der Waals surface area contributed by atoms with E-state index in [0.717, 1.165) is 61.1 Å². The van der Waals surface area contributed by atoms with E-state index in [0.29, 0.717) is 5.89 Å². The minimum atomic E-state index is 0.623. The second-order valence-corrected chi connectivity index (χ2v) is 10.1. The van der Waals surface area contributed by atoms with Crippen LogP contribution in [0.1, 0.15) is 0 Å². The van der Waals surface area contributed by atoms with Gasteiger partial charge < -0.3 is 14.2 Å². The predicted octanol–water partition coefficient (Wildman–Crippen LogP) is 10.5. The number of rotatable bonds is 5. The maximum atomic E-state index is 6.28. The molecule has 8 aromatic rings. The topological polar surface area (TPSA) is 51.2 Å². The fraction of sp³-hybridized carbons (Fsp3) is 0. The van der Waals surface area contributed by atoms with Gasteiger partial charge in [-0.25, -0.2) is 4.98 Å². The molecule has 4 nitrogen and oxygen atoms in total. The van der Waals surface area contributed by atoms with Crippen LogP contribution in [-0.2, 0) is 0 Å². The number of fused-ring (bicyclic) bond motifs is 4. The van der Waals surface area contributed by atoms with Crippen molar-refractivity contribution in [1.82, 2.24) is 4.98 Å². The first-order valence-electron chi connectivity index (χ1n) is 13.6. The van der Waals surface area contributed by atoms with Crippen LogP contribution in [0, 0.1) is 0 Å². The summed E-state index contributed by atoms with van der Waals surface area (Å²) in [5.41, 5.74) is 10.7. The Balaban J connectivity index is 1.12. The third kappa shape index (κ3) is 4.23. The van der Waals surface area contributed by atoms with E-state index in [2.05, 4.69) is 90.2 Å². The van der Waals surface area contributed by atoms with Crippen molar-refractivity contribution in [2.45, 2.75) is 0 Å². The highest BCUT2D eigenvalue weighted by Gasteiger charge is 2.15. The standard InChI is InChI=1S/C37H24N2O2/c1-3-8-24(9-4-1)25-14-17-28(18-15-25)38-29-19-20-31-32-22-27(16-21-34(32)40-35(31)23-29)30-12-7-13-33-36(30)41-37(39-33)26-10-5-2-6-11-26/h1-23,38H. The van der Waals surface area contributed by atoms with Gasteiger partial charge in [-0.2, -0.15) is 0 Å². The average molecular weight is 529 g/mol. The van der Waals surface area contributed by atoms with E-state index in [1.165, 1.54) is 11.1 Å². The van der Waals surface area contributed by atoms with Gasteiger partial charge in [-0.05, 0) is 71.3 Å². The van der Waals surface area contributed by atoms with Gasteiger partial charge in [-0.1, -0.05) is 78.9 Å². The van der Waals surface area contributed by atoms with E-state index in [1.54, 1.807) is 0 Å². The molecular formula is C37H24N2O2. The second kappa shape index (κ2) is 9.54. The highest BCUT2D eigenvalue weighted by molar-refractivity contribution is 6.08. The van der Waals surface area contributed by atoms with E-state index in [-0.39, 0.29) is 0 Å². The van der Waals surface area contributed by atoms with Crippen molar-refractivity contribution in [3.05, 3.63) is 140 Å². The van der Waals surface area contributed by atoms with Gasteiger partial charge in [-0.3, -0.25) is 0 Å². The van der Waals surface area contributed by atoms with Crippen molar-refractivity contribution in [2.24, 2.45) is 0 Å². The molecule has 0 atom stereocenters. The molecule has 2 aromatic heterocycles. The lowest BCUT2D eigenvalue weighted by Crippen LogP contribution is -1.89. The Morgan fingerprint density at radius 3 is 1.98 bits per heavy atom. The first kappa shape index (κ1) is 23.3. The summed E-state index contributed by atoms with van der Waals surface area (Å²) in [6.45, 7) is 0. The lowest BCUT2D eigenvalue weighted by atomic mass is 10.0. The number of aromatic nitrogens is 1. The minimum absolute atomic E-state index is 0.623. The number of benzene rings is 6. The summed E-state index contributed by atoms with van der Waals surface area (Å²) in [5.74, 6) is 0.623. The molecule has 4 heteroatoms. The summed E-state index contributed by atoms with van der Waals surface area (Å²) >= 11 is 0. The van der Waals surface area contributed by atoms with Gasteiger partial charge in [0.2, 0.25) is 5.89 Å². The van der Waals surface area contributed by atoms with Crippen LogP contribution in [0.5, 0.6) is 0 Å². The molecule has 0 aliphatic carbocycles. The number of anilines is 2. The molecule has 2 heterocycles. The molecule has 0 amide bonds. The van der Waals surface area contributed by atoms with Crippen molar-refractivity contribution in [2.75, 3.05) is 5.32 Å². The number of hydrogen-bond acceptors (Lipinski definition) is 4. The van der Waals surface area contributed by atoms with Crippen molar-refractivity contribution in [1.29, 1.82) is 0 Å². The largest absolute Gasteiger partial charge is 0.456 e. The summed E-state index contributed by atoms with van der Waals surface area (Å²) in [7, 11) is 0. The Kier molecular flexibility index (Phi) is 5.42. The third-order valence-corrected chi connectivity index (χ3v) is 7.50. The van der Waals surface area contributed by atoms with Crippen molar-refractivity contribution in [3.8, 4) is 33.7 Å². The fourth-order valence-electron chi connectivity index (χ4n) is 5.45. The molecule has 0 aliphatic rings. The van der Waals surface area contributed by atoms with Gasteiger partial charge in [0, 0.05) is 39.3 Å². The van der Waals surface area contributed by atoms with Crippen LogP contribution in [0.3, 0.4) is 0 Å². The summed E-state index contributed by atoms with van der Waals surface area (Å²) in [6, 6.07) is 47.5. The molecule has 41 heavy (non-hydrogen) atoms. The number of oxazole rings is 1. The van der Waals surface area contributed by atoms with E-state index >= 15 is 0 Å². The Bertz CT molecular complexity index is 2160. The third-order valence-electron chi connectivity index (χ3n) is 7.50. The lowest BCUT2D eigenvalue weighted by molar-refractivity contribution is 0.621. The maximum Gasteiger partial charge on any atom is 0.227 e. The summed E-state index contributed by atoms with van der Waals surface area (Å²) in [6.07, 6.45) is 0. The van der Waals surface area contributed by atoms with Crippen LogP contribution in [0.4, 0.5) is 11.4 Å². The maximum absolute atomic E-state index is 6.28. The van der Waals surface area contributed by atoms with Gasteiger partial charge in [-0.15, -0.1) is 0 Å². The highest BCUT2D eigenvalue weighted by atomic mass is 16.3. The average Bonchev–Trinajstić information content (AvgIpc) is 3.63. The SMILES string of the molecule is c1ccc(-c2ccc(Nc3ccc4c(c3)oc3ccc(-c5cccc6nc(-c7ccccc7)oc56)cc34)cc2)cc1. The lowest BCUT2D eigenvalue weighted by Gasteiger charge is -2.08. The van der Waals surface area contributed by atoms with Gasteiger partial charge in [0.15, 0.2) is 5.58 Å². The summed E-state index contributed by atoms with van der Waals surface area (Å²) in [4.78, 5) is 4.74. The Labute approximate surface area is 236 Å². The zero-order valence-electron chi connectivity index (χ0n) is 22.0. The fourth-order valence-corrected chi connectivity index (χ4v) is 5.45. The molecular weight excluding hydrogens is 504 g/mol. The zero-order valence-corrected chi connectivity index (χ0v) is 22.0. The van der Waals surface area contributed by atoms with Crippen LogP contribution in [0.15, 0.2) is 148 Å². The smallest absolute Gasteiger partial charge is 0.227 e. The molecule has 0 spiro atoms. The molecule has 0 unspecified atom stereocenters. The molecule has 0 bridgehead atoms.